The average Bonchev–Trinajstić information content (AvgIpc) is 2.79. The Labute approximate surface area is 179 Å². The van der Waals surface area contributed by atoms with Crippen molar-refractivity contribution in [3.63, 3.8) is 0 Å². The summed E-state index contributed by atoms with van der Waals surface area (Å²) >= 11 is 0. The van der Waals surface area contributed by atoms with Gasteiger partial charge in [-0.25, -0.2) is 0 Å². The topological polar surface area (TPSA) is 38.3 Å². The molecule has 4 rings (SSSR count). The highest BCUT2D eigenvalue weighted by Gasteiger charge is 2.41. The van der Waals surface area contributed by atoms with Crippen molar-refractivity contribution in [3.8, 4) is 5.75 Å². The van der Waals surface area contributed by atoms with Crippen LogP contribution in [0.5, 0.6) is 5.75 Å². The summed E-state index contributed by atoms with van der Waals surface area (Å²) in [4.78, 5) is 13.7. The number of carbonyl (C=O) groups is 1. The van der Waals surface area contributed by atoms with Gasteiger partial charge in [0.05, 0.1) is 12.0 Å². The van der Waals surface area contributed by atoms with Gasteiger partial charge >= 0.3 is 0 Å². The Morgan fingerprint density at radius 3 is 2.33 bits per heavy atom. The molecule has 30 heavy (non-hydrogen) atoms. The molecular weight excluding hydrogens is 370 g/mol. The molecule has 0 bridgehead atoms. The van der Waals surface area contributed by atoms with Crippen LogP contribution in [-0.2, 0) is 10.2 Å². The third-order valence-corrected chi connectivity index (χ3v) is 6.34. The summed E-state index contributed by atoms with van der Waals surface area (Å²) in [6.45, 7) is 4.88. The first kappa shape index (κ1) is 20.5. The van der Waals surface area contributed by atoms with Crippen molar-refractivity contribution >= 4 is 22.4 Å². The molecule has 0 radical (unpaired) electrons. The number of nitrogens with one attached hydrogen (secondary N) is 1. The Morgan fingerprint density at radius 1 is 0.933 bits per heavy atom. The molecule has 0 spiro atoms. The van der Waals surface area contributed by atoms with E-state index in [1.165, 1.54) is 12.0 Å². The zero-order chi connectivity index (χ0) is 21.0. The summed E-state index contributed by atoms with van der Waals surface area (Å²) < 4.78 is 5.93. The maximum Gasteiger partial charge on any atom is 0.235 e. The van der Waals surface area contributed by atoms with Gasteiger partial charge < -0.3 is 10.1 Å². The SMILES string of the molecule is CCCOc1ccc(NC(=O)C2(c3ccc(C)cc3)CCCCC2)c2ccccc12. The molecule has 1 saturated carbocycles. The number of amides is 1. The molecule has 3 aromatic carbocycles. The van der Waals surface area contributed by atoms with Gasteiger partial charge in [0.1, 0.15) is 5.75 Å². The van der Waals surface area contributed by atoms with Crippen molar-refractivity contribution in [2.75, 3.05) is 11.9 Å². The maximum atomic E-state index is 13.7. The highest BCUT2D eigenvalue weighted by Crippen LogP contribution is 2.41. The lowest BCUT2D eigenvalue weighted by atomic mass is 9.68. The standard InChI is InChI=1S/C27H31NO2/c1-3-19-30-25-16-15-24(22-9-5-6-10-23(22)25)28-26(29)27(17-7-4-8-18-27)21-13-11-20(2)12-14-21/h5-6,9-16H,3-4,7-8,17-19H2,1-2H3,(H,28,29). The first-order chi connectivity index (χ1) is 14.6. The molecule has 0 atom stereocenters. The smallest absolute Gasteiger partial charge is 0.235 e. The van der Waals surface area contributed by atoms with Gasteiger partial charge in [0, 0.05) is 16.5 Å². The predicted molar refractivity (Wildman–Crippen MR) is 124 cm³/mol. The van der Waals surface area contributed by atoms with Crippen LogP contribution < -0.4 is 10.1 Å². The quantitative estimate of drug-likeness (QED) is 0.494. The van der Waals surface area contributed by atoms with E-state index < -0.39 is 5.41 Å². The van der Waals surface area contributed by atoms with Gasteiger partial charge in [-0.05, 0) is 43.9 Å². The number of hydrogen-bond acceptors (Lipinski definition) is 2. The van der Waals surface area contributed by atoms with E-state index in [-0.39, 0.29) is 5.91 Å². The van der Waals surface area contributed by atoms with Crippen LogP contribution in [0, 0.1) is 6.92 Å². The normalized spacial score (nSPS) is 15.7. The Bertz CT molecular complexity index is 1020. The number of fused-ring (bicyclic) bond motifs is 1. The van der Waals surface area contributed by atoms with Gasteiger partial charge in [-0.2, -0.15) is 0 Å². The first-order valence-electron chi connectivity index (χ1n) is 11.2. The molecule has 3 nitrogen and oxygen atoms in total. The van der Waals surface area contributed by atoms with E-state index >= 15 is 0 Å². The van der Waals surface area contributed by atoms with Crippen molar-refractivity contribution in [1.82, 2.24) is 0 Å². The van der Waals surface area contributed by atoms with Gasteiger partial charge in [0.25, 0.3) is 0 Å². The molecule has 0 saturated heterocycles. The summed E-state index contributed by atoms with van der Waals surface area (Å²) in [5.74, 6) is 0.981. The van der Waals surface area contributed by atoms with Crippen LogP contribution in [0.3, 0.4) is 0 Å². The molecule has 1 aliphatic rings. The van der Waals surface area contributed by atoms with Gasteiger partial charge in [-0.1, -0.05) is 80.3 Å². The van der Waals surface area contributed by atoms with Crippen LogP contribution in [0.15, 0.2) is 60.7 Å². The zero-order valence-corrected chi connectivity index (χ0v) is 18.0. The molecule has 1 N–H and O–H groups in total. The number of carbonyl (C=O) groups excluding carboxylic acids is 1. The molecular formula is C27H31NO2. The third kappa shape index (κ3) is 3.94. The van der Waals surface area contributed by atoms with Gasteiger partial charge in [-0.3, -0.25) is 4.79 Å². The largest absolute Gasteiger partial charge is 0.493 e. The Hall–Kier alpha value is -2.81. The molecule has 3 aromatic rings. The van der Waals surface area contributed by atoms with Crippen LogP contribution >= 0.6 is 0 Å². The Morgan fingerprint density at radius 2 is 1.63 bits per heavy atom. The van der Waals surface area contributed by atoms with Crippen LogP contribution in [0.25, 0.3) is 10.8 Å². The van der Waals surface area contributed by atoms with E-state index in [4.69, 9.17) is 4.74 Å². The minimum Gasteiger partial charge on any atom is -0.493 e. The van der Waals surface area contributed by atoms with E-state index in [0.717, 1.165) is 59.9 Å². The minimum absolute atomic E-state index is 0.110. The number of ether oxygens (including phenoxy) is 1. The molecule has 1 amide bonds. The van der Waals surface area contributed by atoms with Gasteiger partial charge in [0.15, 0.2) is 0 Å². The van der Waals surface area contributed by atoms with Crippen LogP contribution in [-0.4, -0.2) is 12.5 Å². The molecule has 3 heteroatoms. The monoisotopic (exact) mass is 401 g/mol. The molecule has 0 heterocycles. The minimum atomic E-state index is -0.454. The Balaban J connectivity index is 1.69. The molecule has 0 unspecified atom stereocenters. The number of rotatable bonds is 6. The van der Waals surface area contributed by atoms with Gasteiger partial charge in [0.2, 0.25) is 5.91 Å². The van der Waals surface area contributed by atoms with E-state index in [0.29, 0.717) is 6.61 Å². The summed E-state index contributed by atoms with van der Waals surface area (Å²) in [5.41, 5.74) is 2.76. The van der Waals surface area contributed by atoms with Crippen molar-refractivity contribution in [1.29, 1.82) is 0 Å². The van der Waals surface area contributed by atoms with Crippen molar-refractivity contribution in [2.24, 2.45) is 0 Å². The lowest BCUT2D eigenvalue weighted by Crippen LogP contribution is -2.42. The molecule has 0 aliphatic heterocycles. The van der Waals surface area contributed by atoms with Crippen LogP contribution in [0.2, 0.25) is 0 Å². The lowest BCUT2D eigenvalue weighted by Gasteiger charge is -2.36. The fourth-order valence-corrected chi connectivity index (χ4v) is 4.64. The summed E-state index contributed by atoms with van der Waals surface area (Å²) in [6.07, 6.45) is 6.14. The van der Waals surface area contributed by atoms with E-state index in [1.807, 2.05) is 24.3 Å². The maximum absolute atomic E-state index is 13.7. The van der Waals surface area contributed by atoms with Gasteiger partial charge in [-0.15, -0.1) is 0 Å². The molecule has 156 valence electrons. The fourth-order valence-electron chi connectivity index (χ4n) is 4.64. The second kappa shape index (κ2) is 8.91. The lowest BCUT2D eigenvalue weighted by molar-refractivity contribution is -0.122. The van der Waals surface area contributed by atoms with E-state index in [1.54, 1.807) is 0 Å². The number of aryl methyl sites for hydroxylation is 1. The second-order valence-corrected chi connectivity index (χ2v) is 8.47. The number of hydrogen-bond donors (Lipinski definition) is 1. The second-order valence-electron chi connectivity index (χ2n) is 8.47. The predicted octanol–water partition coefficient (Wildman–Crippen LogP) is 6.78. The van der Waals surface area contributed by atoms with Crippen molar-refractivity contribution < 1.29 is 9.53 Å². The summed E-state index contributed by atoms with van der Waals surface area (Å²) in [5, 5.41) is 5.36. The van der Waals surface area contributed by atoms with Crippen molar-refractivity contribution in [3.05, 3.63) is 71.8 Å². The highest BCUT2D eigenvalue weighted by atomic mass is 16.5. The molecule has 0 aromatic heterocycles. The highest BCUT2D eigenvalue weighted by molar-refractivity contribution is 6.07. The number of benzene rings is 3. The van der Waals surface area contributed by atoms with Crippen LogP contribution in [0.1, 0.15) is 56.6 Å². The zero-order valence-electron chi connectivity index (χ0n) is 18.0. The number of anilines is 1. The Kier molecular flexibility index (Phi) is 6.08. The van der Waals surface area contributed by atoms with E-state index in [9.17, 15) is 4.79 Å². The van der Waals surface area contributed by atoms with E-state index in [2.05, 4.69) is 55.6 Å². The molecule has 1 aliphatic carbocycles. The van der Waals surface area contributed by atoms with Crippen molar-refractivity contribution in [2.45, 2.75) is 57.8 Å². The molecule has 1 fully saturated rings. The summed E-state index contributed by atoms with van der Waals surface area (Å²) in [7, 11) is 0. The third-order valence-electron chi connectivity index (χ3n) is 6.34. The average molecular weight is 402 g/mol. The van der Waals surface area contributed by atoms with Crippen LogP contribution in [0.4, 0.5) is 5.69 Å². The fraction of sp³-hybridized carbons (Fsp3) is 0.370. The summed E-state index contributed by atoms with van der Waals surface area (Å²) in [6, 6.07) is 20.6. The first-order valence-corrected chi connectivity index (χ1v) is 11.2.